The van der Waals surface area contributed by atoms with Crippen molar-refractivity contribution in [2.45, 2.75) is 5.92 Å². The average Bonchev–Trinajstić information content (AvgIpc) is 3.11. The highest BCUT2D eigenvalue weighted by atomic mass is 79.9. The monoisotopic (exact) mass is 413 g/mol. The smallest absolute Gasteiger partial charge is 0.255 e. The predicted molar refractivity (Wildman–Crippen MR) is 99.1 cm³/mol. The second-order valence-electron chi connectivity index (χ2n) is 6.08. The first-order chi connectivity index (χ1) is 12.7. The lowest BCUT2D eigenvalue weighted by Crippen LogP contribution is -2.48. The third-order valence-electron chi connectivity index (χ3n) is 4.40. The van der Waals surface area contributed by atoms with E-state index in [0.29, 0.717) is 36.1 Å². The highest BCUT2D eigenvalue weighted by molar-refractivity contribution is 9.10. The first-order valence-corrected chi connectivity index (χ1v) is 8.97. The fourth-order valence-electron chi connectivity index (χ4n) is 2.87. The van der Waals surface area contributed by atoms with Crippen molar-refractivity contribution in [2.24, 2.45) is 0 Å². The summed E-state index contributed by atoms with van der Waals surface area (Å²) in [7, 11) is 1.58. The van der Waals surface area contributed by atoms with Gasteiger partial charge in [0.25, 0.3) is 5.91 Å². The highest BCUT2D eigenvalue weighted by Crippen LogP contribution is 2.31. The summed E-state index contributed by atoms with van der Waals surface area (Å²) < 4.78 is 11.3. The van der Waals surface area contributed by atoms with Gasteiger partial charge in [-0.15, -0.1) is 0 Å². The average molecular weight is 414 g/mol. The maximum Gasteiger partial charge on any atom is 0.255 e. The van der Waals surface area contributed by atoms with Gasteiger partial charge in [0, 0.05) is 23.1 Å². The molecule has 0 radical (unpaired) electrons. The second-order valence-corrected chi connectivity index (χ2v) is 6.93. The molecule has 0 N–H and O–H groups in total. The number of amides is 1. The zero-order chi connectivity index (χ0) is 18.1. The van der Waals surface area contributed by atoms with Crippen LogP contribution in [0.25, 0.3) is 11.4 Å². The lowest BCUT2D eigenvalue weighted by atomic mass is 9.98. The number of aromatic nitrogens is 2. The Hall–Kier alpha value is -2.67. The highest BCUT2D eigenvalue weighted by Gasteiger charge is 2.36. The van der Waals surface area contributed by atoms with Crippen LogP contribution in [0.5, 0.6) is 5.75 Å². The van der Waals surface area contributed by atoms with Crippen molar-refractivity contribution in [1.29, 1.82) is 0 Å². The van der Waals surface area contributed by atoms with E-state index in [1.165, 1.54) is 0 Å². The summed E-state index contributed by atoms with van der Waals surface area (Å²) in [5, 5.41) is 4.04. The van der Waals surface area contributed by atoms with Crippen molar-refractivity contribution >= 4 is 21.8 Å². The molecule has 6 nitrogen and oxygen atoms in total. The van der Waals surface area contributed by atoms with Crippen LogP contribution in [0.1, 0.15) is 22.2 Å². The normalized spacial score (nSPS) is 14.2. The van der Waals surface area contributed by atoms with Gasteiger partial charge in [0.1, 0.15) is 5.75 Å². The number of rotatable bonds is 4. The molecule has 2 aromatic carbocycles. The van der Waals surface area contributed by atoms with Gasteiger partial charge in [0.15, 0.2) is 0 Å². The molecule has 4 rings (SSSR count). The molecule has 0 bridgehead atoms. The van der Waals surface area contributed by atoms with E-state index in [4.69, 9.17) is 9.26 Å². The van der Waals surface area contributed by atoms with Crippen molar-refractivity contribution < 1.29 is 14.1 Å². The van der Waals surface area contributed by atoms with Crippen LogP contribution in [0.2, 0.25) is 0 Å². The molecule has 7 heteroatoms. The van der Waals surface area contributed by atoms with E-state index in [1.807, 2.05) is 42.5 Å². The molecule has 26 heavy (non-hydrogen) atoms. The second kappa shape index (κ2) is 6.92. The van der Waals surface area contributed by atoms with Gasteiger partial charge < -0.3 is 14.2 Å². The Kier molecular flexibility index (Phi) is 4.46. The Morgan fingerprint density at radius 2 is 2.00 bits per heavy atom. The van der Waals surface area contributed by atoms with Crippen molar-refractivity contribution in [1.82, 2.24) is 15.0 Å². The SMILES string of the molecule is COc1ccc(Br)c(C(=O)N2CC(c3nc(-c4ccccc4)no3)C2)c1. The van der Waals surface area contributed by atoms with E-state index in [-0.39, 0.29) is 11.8 Å². The number of carbonyl (C=O) groups excluding carboxylic acids is 1. The van der Waals surface area contributed by atoms with Crippen molar-refractivity contribution in [2.75, 3.05) is 20.2 Å². The van der Waals surface area contributed by atoms with Crippen molar-refractivity contribution in [3.05, 3.63) is 64.5 Å². The summed E-state index contributed by atoms with van der Waals surface area (Å²) in [5.74, 6) is 1.81. The Morgan fingerprint density at radius 3 is 2.73 bits per heavy atom. The van der Waals surface area contributed by atoms with Crippen LogP contribution in [0.3, 0.4) is 0 Å². The lowest BCUT2D eigenvalue weighted by Gasteiger charge is -2.37. The van der Waals surface area contributed by atoms with E-state index in [0.717, 1.165) is 10.0 Å². The van der Waals surface area contributed by atoms with Gasteiger partial charge in [0.2, 0.25) is 11.7 Å². The number of halogens is 1. The summed E-state index contributed by atoms with van der Waals surface area (Å²) in [4.78, 5) is 18.9. The van der Waals surface area contributed by atoms with Gasteiger partial charge in [-0.3, -0.25) is 4.79 Å². The molecule has 3 aromatic rings. The Labute approximate surface area is 158 Å². The summed E-state index contributed by atoms with van der Waals surface area (Å²) in [6.07, 6.45) is 0. The molecule has 0 unspecified atom stereocenters. The van der Waals surface area contributed by atoms with Crippen LogP contribution in [0.15, 0.2) is 57.5 Å². The van der Waals surface area contributed by atoms with E-state index < -0.39 is 0 Å². The van der Waals surface area contributed by atoms with Crippen LogP contribution in [0.4, 0.5) is 0 Å². The number of methoxy groups -OCH3 is 1. The molecular formula is C19H16BrN3O3. The largest absolute Gasteiger partial charge is 0.497 e. The lowest BCUT2D eigenvalue weighted by molar-refractivity contribution is 0.0568. The maximum absolute atomic E-state index is 12.7. The fraction of sp³-hybridized carbons (Fsp3) is 0.211. The Balaban J connectivity index is 1.44. The Morgan fingerprint density at radius 1 is 1.23 bits per heavy atom. The molecule has 1 aromatic heterocycles. The summed E-state index contributed by atoms with van der Waals surface area (Å²) in [5.41, 5.74) is 1.49. The fourth-order valence-corrected chi connectivity index (χ4v) is 3.29. The van der Waals surface area contributed by atoms with Crippen LogP contribution in [-0.2, 0) is 0 Å². The minimum Gasteiger partial charge on any atom is -0.497 e. The van der Waals surface area contributed by atoms with Crippen molar-refractivity contribution in [3.8, 4) is 17.1 Å². The van der Waals surface area contributed by atoms with Gasteiger partial charge >= 0.3 is 0 Å². The topological polar surface area (TPSA) is 68.5 Å². The molecule has 1 fully saturated rings. The summed E-state index contributed by atoms with van der Waals surface area (Å²) in [6, 6.07) is 15.0. The molecule has 0 atom stereocenters. The van der Waals surface area contributed by atoms with Gasteiger partial charge in [-0.05, 0) is 34.1 Å². The number of hydrogen-bond acceptors (Lipinski definition) is 5. The van der Waals surface area contributed by atoms with Gasteiger partial charge in [-0.1, -0.05) is 35.5 Å². The van der Waals surface area contributed by atoms with Crippen LogP contribution < -0.4 is 4.74 Å². The molecule has 1 amide bonds. The maximum atomic E-state index is 12.7. The predicted octanol–water partition coefficient (Wildman–Crippen LogP) is 3.75. The van der Waals surface area contributed by atoms with E-state index in [1.54, 1.807) is 18.1 Å². The van der Waals surface area contributed by atoms with Gasteiger partial charge in [-0.2, -0.15) is 4.98 Å². The molecule has 0 aliphatic carbocycles. The molecule has 2 heterocycles. The first-order valence-electron chi connectivity index (χ1n) is 8.17. The molecular weight excluding hydrogens is 398 g/mol. The van der Waals surface area contributed by atoms with Crippen LogP contribution >= 0.6 is 15.9 Å². The van der Waals surface area contributed by atoms with E-state index in [2.05, 4.69) is 26.1 Å². The third kappa shape index (κ3) is 3.10. The van der Waals surface area contributed by atoms with Gasteiger partial charge in [0.05, 0.1) is 18.6 Å². The van der Waals surface area contributed by atoms with E-state index in [9.17, 15) is 4.79 Å². The number of likely N-dealkylation sites (tertiary alicyclic amines) is 1. The number of hydrogen-bond donors (Lipinski definition) is 0. The summed E-state index contributed by atoms with van der Waals surface area (Å²) >= 11 is 3.43. The quantitative estimate of drug-likeness (QED) is 0.651. The van der Waals surface area contributed by atoms with Crippen molar-refractivity contribution in [3.63, 3.8) is 0 Å². The zero-order valence-corrected chi connectivity index (χ0v) is 15.6. The molecule has 1 aliphatic rings. The molecule has 1 aliphatic heterocycles. The molecule has 1 saturated heterocycles. The van der Waals surface area contributed by atoms with Crippen LogP contribution in [0, 0.1) is 0 Å². The van der Waals surface area contributed by atoms with Gasteiger partial charge in [-0.25, -0.2) is 0 Å². The first kappa shape index (κ1) is 16.8. The third-order valence-corrected chi connectivity index (χ3v) is 5.09. The number of ether oxygens (including phenoxy) is 1. The number of nitrogens with zero attached hydrogens (tertiary/aromatic N) is 3. The minimum absolute atomic E-state index is 0.0465. The van der Waals surface area contributed by atoms with E-state index >= 15 is 0 Å². The molecule has 0 spiro atoms. The standard InChI is InChI=1S/C19H16BrN3O3/c1-25-14-7-8-16(20)15(9-14)19(24)23-10-13(11-23)18-21-17(22-26-18)12-5-3-2-4-6-12/h2-9,13H,10-11H2,1H3. The zero-order valence-electron chi connectivity index (χ0n) is 14.1. The number of benzene rings is 2. The number of carbonyl (C=O) groups is 1. The Bertz CT molecular complexity index is 936. The minimum atomic E-state index is -0.0465. The van der Waals surface area contributed by atoms with Crippen LogP contribution in [-0.4, -0.2) is 41.1 Å². The summed E-state index contributed by atoms with van der Waals surface area (Å²) in [6.45, 7) is 1.11. The molecule has 0 saturated carbocycles. The molecule has 132 valence electrons.